The molecule has 0 aliphatic heterocycles. The highest BCUT2D eigenvalue weighted by Crippen LogP contribution is 2.44. The fraction of sp³-hybridized carbons (Fsp3) is 0.217. The Labute approximate surface area is 151 Å². The molecule has 2 aromatic heterocycles. The van der Waals surface area contributed by atoms with Gasteiger partial charge in [-0.05, 0) is 29.2 Å². The second kappa shape index (κ2) is 4.86. The average molecular weight is 343 g/mol. The Morgan fingerprint density at radius 1 is 0.760 bits per heavy atom. The molecule has 0 aliphatic rings. The Morgan fingerprint density at radius 2 is 1.52 bits per heavy atom. The zero-order valence-electron chi connectivity index (χ0n) is 15.1. The molecule has 2 heterocycles. The number of hydrogen-bond donors (Lipinski definition) is 0. The molecule has 1 nitrogen and oxygen atoms in total. The molecular formula is C23H21NS. The summed E-state index contributed by atoms with van der Waals surface area (Å²) in [4.78, 5) is 0. The van der Waals surface area contributed by atoms with Gasteiger partial charge < -0.3 is 4.57 Å². The standard InChI is InChI=1S/C23H21NS/c1-23(2,3)16-9-7-11-18-20(16)21-19(25-18)13-12-15-14-8-5-6-10-17(14)24(4)22(15)21/h5-13H,1-4H3. The average Bonchev–Trinajstić information content (AvgIpc) is 3.10. The number of nitrogens with zero attached hydrogens (tertiary/aromatic N) is 1. The lowest BCUT2D eigenvalue weighted by atomic mass is 9.84. The van der Waals surface area contributed by atoms with Crippen LogP contribution in [-0.2, 0) is 12.5 Å². The van der Waals surface area contributed by atoms with Gasteiger partial charge in [0, 0.05) is 43.5 Å². The van der Waals surface area contributed by atoms with E-state index in [0.717, 1.165) is 0 Å². The fourth-order valence-corrected chi connectivity index (χ4v) is 5.33. The Balaban J connectivity index is 2.12. The molecule has 3 aromatic carbocycles. The van der Waals surface area contributed by atoms with E-state index < -0.39 is 0 Å². The van der Waals surface area contributed by atoms with E-state index in [2.05, 4.69) is 87.0 Å². The van der Waals surface area contributed by atoms with Crippen molar-refractivity contribution < 1.29 is 0 Å². The van der Waals surface area contributed by atoms with Crippen LogP contribution in [-0.4, -0.2) is 4.57 Å². The van der Waals surface area contributed by atoms with E-state index in [0.29, 0.717) is 0 Å². The van der Waals surface area contributed by atoms with Crippen LogP contribution in [0, 0.1) is 0 Å². The van der Waals surface area contributed by atoms with Crippen molar-refractivity contribution in [2.45, 2.75) is 26.2 Å². The predicted molar refractivity (Wildman–Crippen MR) is 112 cm³/mol. The van der Waals surface area contributed by atoms with Crippen LogP contribution >= 0.6 is 11.3 Å². The molecule has 2 heteroatoms. The summed E-state index contributed by atoms with van der Waals surface area (Å²) >= 11 is 1.91. The summed E-state index contributed by atoms with van der Waals surface area (Å²) in [6.45, 7) is 6.94. The van der Waals surface area contributed by atoms with Crippen molar-refractivity contribution in [3.05, 3.63) is 60.2 Å². The minimum atomic E-state index is 0.125. The summed E-state index contributed by atoms with van der Waals surface area (Å²) in [5, 5.41) is 5.55. The van der Waals surface area contributed by atoms with Gasteiger partial charge in [-0.25, -0.2) is 0 Å². The van der Waals surface area contributed by atoms with Crippen molar-refractivity contribution >= 4 is 53.3 Å². The van der Waals surface area contributed by atoms with Crippen LogP contribution in [0.3, 0.4) is 0 Å². The van der Waals surface area contributed by atoms with E-state index >= 15 is 0 Å². The summed E-state index contributed by atoms with van der Waals surface area (Å²) in [5.74, 6) is 0. The molecule has 124 valence electrons. The lowest BCUT2D eigenvalue weighted by Crippen LogP contribution is -2.11. The molecule has 5 aromatic rings. The number of benzene rings is 3. The van der Waals surface area contributed by atoms with Gasteiger partial charge in [-0.1, -0.05) is 57.2 Å². The highest BCUT2D eigenvalue weighted by Gasteiger charge is 2.22. The number of thiophene rings is 1. The third kappa shape index (κ3) is 1.95. The molecule has 0 saturated heterocycles. The molecule has 0 amide bonds. The van der Waals surface area contributed by atoms with Crippen LogP contribution in [0.5, 0.6) is 0 Å². The Morgan fingerprint density at radius 3 is 2.32 bits per heavy atom. The molecule has 0 bridgehead atoms. The van der Waals surface area contributed by atoms with Gasteiger partial charge in [0.2, 0.25) is 0 Å². The quantitative estimate of drug-likeness (QED) is 0.285. The van der Waals surface area contributed by atoms with E-state index in [-0.39, 0.29) is 5.41 Å². The van der Waals surface area contributed by atoms with Crippen LogP contribution in [0.25, 0.3) is 42.0 Å². The van der Waals surface area contributed by atoms with Crippen LogP contribution < -0.4 is 0 Å². The first-order chi connectivity index (χ1) is 12.0. The lowest BCUT2D eigenvalue weighted by molar-refractivity contribution is 0.596. The third-order valence-corrected chi connectivity index (χ3v) is 6.46. The Hall–Kier alpha value is -2.32. The zero-order chi connectivity index (χ0) is 17.3. The Bertz CT molecular complexity index is 1280. The van der Waals surface area contributed by atoms with E-state index in [1.165, 1.54) is 47.5 Å². The molecule has 0 aliphatic carbocycles. The number of fused-ring (bicyclic) bond motifs is 7. The van der Waals surface area contributed by atoms with Gasteiger partial charge in [-0.15, -0.1) is 11.3 Å². The molecule has 0 atom stereocenters. The van der Waals surface area contributed by atoms with Gasteiger partial charge in [0.25, 0.3) is 0 Å². The molecule has 25 heavy (non-hydrogen) atoms. The van der Waals surface area contributed by atoms with E-state index in [1.807, 2.05) is 11.3 Å². The van der Waals surface area contributed by atoms with Gasteiger partial charge in [-0.2, -0.15) is 0 Å². The summed E-state index contributed by atoms with van der Waals surface area (Å²) in [7, 11) is 2.20. The van der Waals surface area contributed by atoms with Crippen LogP contribution in [0.1, 0.15) is 26.3 Å². The number of hydrogen-bond acceptors (Lipinski definition) is 1. The van der Waals surface area contributed by atoms with Gasteiger partial charge in [0.15, 0.2) is 0 Å². The van der Waals surface area contributed by atoms with Crippen LogP contribution in [0.4, 0.5) is 0 Å². The predicted octanol–water partition coefficient (Wildman–Crippen LogP) is 7.00. The zero-order valence-corrected chi connectivity index (χ0v) is 15.9. The van der Waals surface area contributed by atoms with Crippen molar-refractivity contribution in [1.29, 1.82) is 0 Å². The number of rotatable bonds is 0. The van der Waals surface area contributed by atoms with E-state index in [9.17, 15) is 0 Å². The minimum Gasteiger partial charge on any atom is -0.343 e. The fourth-order valence-electron chi connectivity index (χ4n) is 4.20. The molecule has 0 fully saturated rings. The van der Waals surface area contributed by atoms with Gasteiger partial charge in [0.05, 0.1) is 5.52 Å². The Kier molecular flexibility index (Phi) is 2.91. The smallest absolute Gasteiger partial charge is 0.0583 e. The van der Waals surface area contributed by atoms with Gasteiger partial charge >= 0.3 is 0 Å². The topological polar surface area (TPSA) is 4.93 Å². The summed E-state index contributed by atoms with van der Waals surface area (Å²) in [5.41, 5.74) is 4.23. The highest BCUT2D eigenvalue weighted by atomic mass is 32.1. The highest BCUT2D eigenvalue weighted by molar-refractivity contribution is 7.26. The number of para-hydroxylation sites is 1. The first-order valence-electron chi connectivity index (χ1n) is 8.78. The monoisotopic (exact) mass is 343 g/mol. The minimum absolute atomic E-state index is 0.125. The maximum absolute atomic E-state index is 2.37. The van der Waals surface area contributed by atoms with Crippen molar-refractivity contribution in [2.75, 3.05) is 0 Å². The maximum atomic E-state index is 2.37. The summed E-state index contributed by atoms with van der Waals surface area (Å²) in [6, 6.07) is 20.1. The molecule has 0 N–H and O–H groups in total. The summed E-state index contributed by atoms with van der Waals surface area (Å²) in [6.07, 6.45) is 0. The first-order valence-corrected chi connectivity index (χ1v) is 9.60. The maximum Gasteiger partial charge on any atom is 0.0583 e. The van der Waals surface area contributed by atoms with Gasteiger partial charge in [-0.3, -0.25) is 0 Å². The van der Waals surface area contributed by atoms with Crippen molar-refractivity contribution in [3.8, 4) is 0 Å². The second-order valence-electron chi connectivity index (χ2n) is 7.94. The normalized spacial score (nSPS) is 12.8. The molecule has 0 saturated carbocycles. The number of aryl methyl sites for hydroxylation is 1. The van der Waals surface area contributed by atoms with Crippen molar-refractivity contribution in [1.82, 2.24) is 4.57 Å². The lowest BCUT2D eigenvalue weighted by Gasteiger charge is -2.20. The van der Waals surface area contributed by atoms with Crippen LogP contribution in [0.2, 0.25) is 0 Å². The van der Waals surface area contributed by atoms with E-state index in [1.54, 1.807) is 0 Å². The molecule has 0 radical (unpaired) electrons. The first kappa shape index (κ1) is 15.0. The largest absolute Gasteiger partial charge is 0.343 e. The molecule has 0 spiro atoms. The van der Waals surface area contributed by atoms with Crippen molar-refractivity contribution in [2.24, 2.45) is 7.05 Å². The SMILES string of the molecule is Cn1c2ccccc2c2ccc3sc4cccc(C(C)(C)C)c4c3c21. The summed E-state index contributed by atoms with van der Waals surface area (Å²) < 4.78 is 5.14. The number of aromatic nitrogens is 1. The molecular weight excluding hydrogens is 322 g/mol. The van der Waals surface area contributed by atoms with Gasteiger partial charge in [0.1, 0.15) is 0 Å². The second-order valence-corrected chi connectivity index (χ2v) is 9.03. The molecule has 5 rings (SSSR count). The van der Waals surface area contributed by atoms with Crippen molar-refractivity contribution in [3.63, 3.8) is 0 Å². The van der Waals surface area contributed by atoms with Crippen LogP contribution in [0.15, 0.2) is 54.6 Å². The van der Waals surface area contributed by atoms with E-state index in [4.69, 9.17) is 0 Å². The molecule has 0 unspecified atom stereocenters. The third-order valence-electron chi connectivity index (χ3n) is 5.33.